The van der Waals surface area contributed by atoms with Crippen molar-refractivity contribution >= 4 is 131 Å². The maximum absolute atomic E-state index is 6.87. The van der Waals surface area contributed by atoms with Crippen LogP contribution in [0.1, 0.15) is 188 Å². The fourth-order valence-corrected chi connectivity index (χ4v) is 24.5. The van der Waals surface area contributed by atoms with Crippen molar-refractivity contribution < 1.29 is 37.9 Å². The predicted molar refractivity (Wildman–Crippen MR) is 448 cm³/mol. The first-order valence-electron chi connectivity index (χ1n) is 39.9. The van der Waals surface area contributed by atoms with Crippen LogP contribution in [0.15, 0.2) is 170 Å². The molecule has 29 rings (SSSR count). The van der Waals surface area contributed by atoms with Crippen LogP contribution in [0, 0.1) is 0 Å². The Balaban J connectivity index is 0.824. The summed E-state index contributed by atoms with van der Waals surface area (Å²) in [5, 5.41) is 17.7. The molecule has 0 amide bonds. The van der Waals surface area contributed by atoms with E-state index in [1.165, 1.54) is 89.1 Å². The molecule has 112 heavy (non-hydrogen) atoms. The van der Waals surface area contributed by atoms with Crippen LogP contribution in [-0.2, 0) is 0 Å². The molecule has 12 heteroatoms. The van der Waals surface area contributed by atoms with E-state index in [4.69, 9.17) is 47.9 Å². The lowest BCUT2D eigenvalue weighted by atomic mass is 9.61. The summed E-state index contributed by atoms with van der Waals surface area (Å²) in [5.41, 5.74) is 27.9. The molecule has 16 bridgehead atoms. The van der Waals surface area contributed by atoms with Gasteiger partial charge in [0, 0.05) is 157 Å². The van der Waals surface area contributed by atoms with Gasteiger partial charge in [-0.2, -0.15) is 0 Å². The van der Waals surface area contributed by atoms with Gasteiger partial charge in [0.25, 0.3) is 0 Å². The lowest BCUT2D eigenvalue weighted by molar-refractivity contribution is 0.383. The molecule has 0 radical (unpaired) electrons. The highest BCUT2D eigenvalue weighted by molar-refractivity contribution is 6.14. The number of benzene rings is 12. The first-order chi connectivity index (χ1) is 55.2. The molecule has 8 atom stereocenters. The molecule has 15 aromatic rings. The number of allylic oxidation sites excluding steroid dienone is 4. The molecule has 12 nitrogen and oxygen atoms in total. The number of aromatic amines is 2. The highest BCUT2D eigenvalue weighted by atomic mass is 16.5. The van der Waals surface area contributed by atoms with Crippen molar-refractivity contribution in [2.24, 2.45) is 0 Å². The fraction of sp³-hybridized carbons (Fsp3) is 0.240. The van der Waals surface area contributed by atoms with E-state index in [-0.39, 0.29) is 47.3 Å². The molecule has 546 valence electrons. The van der Waals surface area contributed by atoms with Gasteiger partial charge < -0.3 is 47.9 Å². The molecule has 12 aliphatic carbocycles. The molecule has 2 N–H and O–H groups in total. The molecular weight excluding hydrogens is 1390 g/mol. The minimum atomic E-state index is -0.0782. The van der Waals surface area contributed by atoms with Gasteiger partial charge in [0.2, 0.25) is 0 Å². The molecule has 14 aliphatic rings. The minimum Gasteiger partial charge on any atom is -0.496 e. The van der Waals surface area contributed by atoms with E-state index >= 15 is 0 Å². The first kappa shape index (κ1) is 63.5. The monoisotopic (exact) mass is 1460 g/mol. The van der Waals surface area contributed by atoms with E-state index in [1.807, 2.05) is 56.9 Å². The third kappa shape index (κ3) is 7.92. The van der Waals surface area contributed by atoms with Crippen LogP contribution in [0.25, 0.3) is 131 Å². The van der Waals surface area contributed by atoms with Crippen molar-refractivity contribution in [1.29, 1.82) is 0 Å². The van der Waals surface area contributed by atoms with Gasteiger partial charge in [-0.1, -0.05) is 97.1 Å². The van der Waals surface area contributed by atoms with Gasteiger partial charge in [0.1, 0.15) is 46.0 Å². The van der Waals surface area contributed by atoms with Crippen LogP contribution in [0.4, 0.5) is 0 Å². The third-order valence-corrected chi connectivity index (χ3v) is 28.4. The number of methoxy groups -OCH3 is 8. The van der Waals surface area contributed by atoms with Crippen LogP contribution in [-0.4, -0.2) is 76.8 Å². The third-order valence-electron chi connectivity index (χ3n) is 28.4. The van der Waals surface area contributed by atoms with Gasteiger partial charge in [-0.3, -0.25) is 0 Å². The SMILES string of the molecule is COc1c2c(c(OC)c3cc4ccccc4cc13)C1CCC2C2=C1c1cc3[nH]c(cc4nc(cc5[nH]c(cc2n1)c1c5C2CCC1c1c2c(OC)c2cc5ccccc5cc2c1OC)C1=C4C2CCC1c1c2c(OC)c2cc4ccccc4cc2c1OC)c1c3C2CCC1c1c2c(OC)c2cc3ccccc3cc2c1OC. The van der Waals surface area contributed by atoms with Gasteiger partial charge >= 0.3 is 0 Å². The molecular formula is C100H78N4O8. The maximum Gasteiger partial charge on any atom is 0.131 e. The number of hydrogen-bond acceptors (Lipinski definition) is 10. The quantitative estimate of drug-likeness (QED) is 0.142. The fourth-order valence-electron chi connectivity index (χ4n) is 24.5. The van der Waals surface area contributed by atoms with Gasteiger partial charge in [-0.15, -0.1) is 0 Å². The second-order valence-corrected chi connectivity index (χ2v) is 32.8. The van der Waals surface area contributed by atoms with Crippen molar-refractivity contribution in [2.75, 3.05) is 56.9 Å². The van der Waals surface area contributed by atoms with Crippen molar-refractivity contribution in [3.8, 4) is 46.0 Å². The van der Waals surface area contributed by atoms with E-state index in [0.717, 1.165) is 228 Å². The number of nitrogens with zero attached hydrogens (tertiary/aromatic N) is 2. The Morgan fingerprint density at radius 2 is 0.375 bits per heavy atom. The van der Waals surface area contributed by atoms with Crippen LogP contribution in [0.5, 0.6) is 46.0 Å². The highest BCUT2D eigenvalue weighted by Crippen LogP contribution is 2.70. The summed E-state index contributed by atoms with van der Waals surface area (Å²) < 4.78 is 54.9. The largest absolute Gasteiger partial charge is 0.496 e. The summed E-state index contributed by atoms with van der Waals surface area (Å²) in [6.45, 7) is 0. The van der Waals surface area contributed by atoms with E-state index in [2.05, 4.69) is 180 Å². The minimum absolute atomic E-state index is 0.0660. The number of rotatable bonds is 8. The van der Waals surface area contributed by atoms with Crippen LogP contribution < -0.4 is 37.9 Å². The Morgan fingerprint density at radius 1 is 0.214 bits per heavy atom. The van der Waals surface area contributed by atoms with Crippen LogP contribution in [0.2, 0.25) is 0 Å². The zero-order valence-electron chi connectivity index (χ0n) is 63.6. The van der Waals surface area contributed by atoms with Crippen molar-refractivity contribution in [3.63, 3.8) is 0 Å². The van der Waals surface area contributed by atoms with Gasteiger partial charge in [0.15, 0.2) is 0 Å². The molecule has 12 aromatic carbocycles. The van der Waals surface area contributed by atoms with Crippen molar-refractivity contribution in [1.82, 2.24) is 19.9 Å². The molecule has 0 spiro atoms. The van der Waals surface area contributed by atoms with E-state index in [9.17, 15) is 0 Å². The predicted octanol–water partition coefficient (Wildman–Crippen LogP) is 23.5. The molecule has 0 saturated carbocycles. The Labute approximate surface area is 645 Å². The molecule has 0 fully saturated rings. The van der Waals surface area contributed by atoms with Gasteiger partial charge in [0.05, 0.1) is 79.7 Å². The lowest BCUT2D eigenvalue weighted by Gasteiger charge is -2.42. The average Bonchev–Trinajstić information content (AvgIpc) is 1.39. The zero-order chi connectivity index (χ0) is 74.3. The van der Waals surface area contributed by atoms with E-state index < -0.39 is 0 Å². The maximum atomic E-state index is 6.87. The number of hydrogen-bond donors (Lipinski definition) is 2. The molecule has 5 heterocycles. The summed E-state index contributed by atoms with van der Waals surface area (Å²) in [5.74, 6) is 6.73. The number of fused-ring (bicyclic) bond motifs is 20. The van der Waals surface area contributed by atoms with Gasteiger partial charge in [-0.25, -0.2) is 9.97 Å². The standard InChI is InChI=1S/C100H78N4O8/c1-105-93-61-33-45-17-9-10-18-46(45)34-62(61)94(106-2)86-54-26-25-53(85(86)93)77-69-41-71-79-55-27-28-57(89-87(55)95(107-3)63-35-47-19-11-12-20-48(47)36-64(63)97(89)109-5)81(79)73(102-71)43-75-83-59-31-32-60(92-91(59)99(111-7)67-39-51-23-15-16-24-52(51)40-68(67)100(92)112-8)84(83)76(104-75)44-74-82-58-30-29-56(80(82)72(103-74)42-70(101-69)78(54)77)88-90(58)98(110-6)66-38-50-22-14-13-21-49(50)37-65(66)96(88)108-4/h9-24,33-44,53-60,101,104H,25-32H2,1-8H3. The van der Waals surface area contributed by atoms with E-state index in [1.54, 1.807) is 0 Å². The number of aromatic nitrogens is 4. The smallest absolute Gasteiger partial charge is 0.131 e. The molecule has 8 unspecified atom stereocenters. The second-order valence-electron chi connectivity index (χ2n) is 32.8. The number of nitrogens with one attached hydrogen (secondary N) is 2. The lowest BCUT2D eigenvalue weighted by Crippen LogP contribution is -2.26. The molecule has 2 aliphatic heterocycles. The number of H-pyrrole nitrogens is 2. The van der Waals surface area contributed by atoms with Crippen molar-refractivity contribution in [3.05, 3.63) is 259 Å². The summed E-state index contributed by atoms with van der Waals surface area (Å²) in [7, 11) is 14.9. The summed E-state index contributed by atoms with van der Waals surface area (Å²) in [4.78, 5) is 21.2. The second kappa shape index (κ2) is 22.7. The zero-order valence-corrected chi connectivity index (χ0v) is 63.6. The Kier molecular flexibility index (Phi) is 12.9. The summed E-state index contributed by atoms with van der Waals surface area (Å²) >= 11 is 0. The molecule has 0 saturated heterocycles. The van der Waals surface area contributed by atoms with Crippen molar-refractivity contribution in [2.45, 2.75) is 98.7 Å². The topological polar surface area (TPSA) is 131 Å². The summed E-state index contributed by atoms with van der Waals surface area (Å²) in [6, 6.07) is 63.0. The van der Waals surface area contributed by atoms with E-state index in [0.29, 0.717) is 0 Å². The highest BCUT2D eigenvalue weighted by Gasteiger charge is 2.53. The average molecular weight is 1460 g/mol. The number of ether oxygens (including phenoxy) is 8. The Morgan fingerprint density at radius 3 is 0.545 bits per heavy atom. The molecule has 3 aromatic heterocycles. The van der Waals surface area contributed by atoms with Crippen LogP contribution in [0.3, 0.4) is 0 Å². The van der Waals surface area contributed by atoms with Crippen LogP contribution >= 0.6 is 0 Å². The normalized spacial score (nSPS) is 20.9. The Bertz CT molecular complexity index is 6380. The summed E-state index contributed by atoms with van der Waals surface area (Å²) in [6.07, 6.45) is 7.36. The Hall–Kier alpha value is -12.3. The van der Waals surface area contributed by atoms with Gasteiger partial charge in [-0.05, 0) is 212 Å². The first-order valence-corrected chi connectivity index (χ1v) is 39.9.